The normalized spacial score (nSPS) is 10.8. The molecule has 5 nitrogen and oxygen atoms in total. The summed E-state index contributed by atoms with van der Waals surface area (Å²) in [5.74, 6) is 0.453. The molecule has 0 spiro atoms. The van der Waals surface area contributed by atoms with Crippen molar-refractivity contribution in [2.45, 2.75) is 6.42 Å². The molecule has 4 aromatic rings. The SMILES string of the molecule is Cn1ccc2cc(-c3cccc(NC(=O)Cc4ccccc4)n3)cnc21. The Balaban J connectivity index is 1.54. The summed E-state index contributed by atoms with van der Waals surface area (Å²) in [4.78, 5) is 21.3. The molecule has 0 aliphatic carbocycles. The lowest BCUT2D eigenvalue weighted by atomic mass is 10.1. The van der Waals surface area contributed by atoms with E-state index in [4.69, 9.17) is 0 Å². The molecule has 1 N–H and O–H groups in total. The van der Waals surface area contributed by atoms with Gasteiger partial charge in [-0.3, -0.25) is 4.79 Å². The molecule has 128 valence electrons. The van der Waals surface area contributed by atoms with E-state index in [-0.39, 0.29) is 5.91 Å². The van der Waals surface area contributed by atoms with Crippen LogP contribution in [-0.2, 0) is 18.3 Å². The quantitative estimate of drug-likeness (QED) is 0.613. The number of anilines is 1. The Labute approximate surface area is 151 Å². The average molecular weight is 342 g/mol. The summed E-state index contributed by atoms with van der Waals surface area (Å²) in [7, 11) is 1.97. The van der Waals surface area contributed by atoms with Gasteiger partial charge in [-0.05, 0) is 29.8 Å². The van der Waals surface area contributed by atoms with Crippen molar-refractivity contribution in [3.63, 3.8) is 0 Å². The van der Waals surface area contributed by atoms with Gasteiger partial charge in [0.25, 0.3) is 0 Å². The smallest absolute Gasteiger partial charge is 0.229 e. The predicted octanol–water partition coefficient (Wildman–Crippen LogP) is 3.82. The molecule has 26 heavy (non-hydrogen) atoms. The van der Waals surface area contributed by atoms with Gasteiger partial charge in [0.1, 0.15) is 11.5 Å². The van der Waals surface area contributed by atoms with E-state index in [0.29, 0.717) is 12.2 Å². The molecule has 5 heteroatoms. The number of nitrogens with one attached hydrogen (secondary N) is 1. The van der Waals surface area contributed by atoms with Crippen molar-refractivity contribution in [3.05, 3.63) is 78.6 Å². The van der Waals surface area contributed by atoms with Gasteiger partial charge >= 0.3 is 0 Å². The van der Waals surface area contributed by atoms with Gasteiger partial charge < -0.3 is 9.88 Å². The average Bonchev–Trinajstić information content (AvgIpc) is 3.03. The third-order valence-corrected chi connectivity index (χ3v) is 4.23. The number of fused-ring (bicyclic) bond motifs is 1. The maximum absolute atomic E-state index is 12.2. The minimum Gasteiger partial charge on any atom is -0.336 e. The molecule has 4 rings (SSSR count). The van der Waals surface area contributed by atoms with Crippen molar-refractivity contribution in [2.75, 3.05) is 5.32 Å². The summed E-state index contributed by atoms with van der Waals surface area (Å²) in [6.45, 7) is 0. The number of aromatic nitrogens is 3. The molecule has 0 saturated heterocycles. The molecule has 1 amide bonds. The lowest BCUT2D eigenvalue weighted by Gasteiger charge is -2.07. The van der Waals surface area contributed by atoms with Crippen molar-refractivity contribution in [2.24, 2.45) is 7.05 Å². The highest BCUT2D eigenvalue weighted by atomic mass is 16.1. The Hall–Kier alpha value is -3.47. The lowest BCUT2D eigenvalue weighted by molar-refractivity contribution is -0.115. The van der Waals surface area contributed by atoms with Crippen LogP contribution in [-0.4, -0.2) is 20.4 Å². The van der Waals surface area contributed by atoms with E-state index < -0.39 is 0 Å². The minimum atomic E-state index is -0.0857. The third kappa shape index (κ3) is 3.32. The van der Waals surface area contributed by atoms with Crippen molar-refractivity contribution in [1.29, 1.82) is 0 Å². The number of amides is 1. The van der Waals surface area contributed by atoms with Crippen LogP contribution < -0.4 is 5.32 Å². The van der Waals surface area contributed by atoms with Gasteiger partial charge in [0.2, 0.25) is 5.91 Å². The second kappa shape index (κ2) is 6.80. The maximum Gasteiger partial charge on any atom is 0.229 e. The van der Waals surface area contributed by atoms with Crippen LogP contribution in [0.2, 0.25) is 0 Å². The Morgan fingerprint density at radius 2 is 1.92 bits per heavy atom. The van der Waals surface area contributed by atoms with E-state index in [1.54, 1.807) is 12.3 Å². The van der Waals surface area contributed by atoms with Gasteiger partial charge in [-0.25, -0.2) is 9.97 Å². The van der Waals surface area contributed by atoms with E-state index in [1.807, 2.05) is 66.3 Å². The van der Waals surface area contributed by atoms with Crippen LogP contribution in [0.15, 0.2) is 73.1 Å². The summed E-state index contributed by atoms with van der Waals surface area (Å²) in [5.41, 5.74) is 3.60. The molecule has 0 bridgehead atoms. The van der Waals surface area contributed by atoms with Crippen LogP contribution in [0.25, 0.3) is 22.3 Å². The van der Waals surface area contributed by atoms with E-state index in [1.165, 1.54) is 0 Å². The second-order valence-corrected chi connectivity index (χ2v) is 6.18. The Morgan fingerprint density at radius 3 is 2.77 bits per heavy atom. The van der Waals surface area contributed by atoms with Gasteiger partial charge in [-0.15, -0.1) is 0 Å². The fourth-order valence-electron chi connectivity index (χ4n) is 2.93. The van der Waals surface area contributed by atoms with E-state index in [0.717, 1.165) is 27.9 Å². The molecule has 0 aliphatic rings. The topological polar surface area (TPSA) is 59.8 Å². The first-order chi connectivity index (χ1) is 12.7. The van der Waals surface area contributed by atoms with E-state index in [9.17, 15) is 4.79 Å². The van der Waals surface area contributed by atoms with Gasteiger partial charge in [-0.1, -0.05) is 36.4 Å². The molecular formula is C21H18N4O. The number of hydrogen-bond donors (Lipinski definition) is 1. The van der Waals surface area contributed by atoms with Crippen LogP contribution in [0.4, 0.5) is 5.82 Å². The summed E-state index contributed by atoms with van der Waals surface area (Å²) in [5, 5.41) is 3.93. The Morgan fingerprint density at radius 1 is 1.08 bits per heavy atom. The maximum atomic E-state index is 12.2. The highest BCUT2D eigenvalue weighted by Crippen LogP contribution is 2.22. The minimum absolute atomic E-state index is 0.0857. The van der Waals surface area contributed by atoms with Crippen LogP contribution in [0.1, 0.15) is 5.56 Å². The number of carbonyl (C=O) groups is 1. The molecule has 0 radical (unpaired) electrons. The number of nitrogens with zero attached hydrogens (tertiary/aromatic N) is 3. The first-order valence-corrected chi connectivity index (χ1v) is 8.41. The highest BCUT2D eigenvalue weighted by Gasteiger charge is 2.08. The van der Waals surface area contributed by atoms with Crippen molar-refractivity contribution >= 4 is 22.8 Å². The van der Waals surface area contributed by atoms with Gasteiger partial charge in [0.15, 0.2) is 0 Å². The van der Waals surface area contributed by atoms with Crippen molar-refractivity contribution in [1.82, 2.24) is 14.5 Å². The molecule has 3 aromatic heterocycles. The summed E-state index contributed by atoms with van der Waals surface area (Å²) < 4.78 is 1.98. The largest absolute Gasteiger partial charge is 0.336 e. The monoisotopic (exact) mass is 342 g/mol. The zero-order valence-corrected chi connectivity index (χ0v) is 14.4. The fourth-order valence-corrected chi connectivity index (χ4v) is 2.93. The third-order valence-electron chi connectivity index (χ3n) is 4.23. The van der Waals surface area contributed by atoms with E-state index >= 15 is 0 Å². The van der Waals surface area contributed by atoms with Gasteiger partial charge in [0, 0.05) is 30.4 Å². The Bertz CT molecular complexity index is 1070. The first kappa shape index (κ1) is 16.0. The number of aryl methyl sites for hydroxylation is 1. The Kier molecular flexibility index (Phi) is 4.19. The number of rotatable bonds is 4. The standard InChI is InChI=1S/C21H18N4O/c1-25-11-10-16-13-17(14-22-21(16)25)18-8-5-9-19(23-18)24-20(26)12-15-6-3-2-4-7-15/h2-11,13-14H,12H2,1H3,(H,23,24,26). The molecule has 0 saturated carbocycles. The second-order valence-electron chi connectivity index (χ2n) is 6.18. The molecule has 1 aromatic carbocycles. The van der Waals surface area contributed by atoms with Crippen LogP contribution in [0, 0.1) is 0 Å². The van der Waals surface area contributed by atoms with Gasteiger partial charge in [0.05, 0.1) is 12.1 Å². The lowest BCUT2D eigenvalue weighted by Crippen LogP contribution is -2.15. The summed E-state index contributed by atoms with van der Waals surface area (Å²) in [6.07, 6.45) is 4.11. The van der Waals surface area contributed by atoms with Crippen LogP contribution in [0.3, 0.4) is 0 Å². The zero-order chi connectivity index (χ0) is 17.9. The fraction of sp³-hybridized carbons (Fsp3) is 0.0952. The van der Waals surface area contributed by atoms with Crippen LogP contribution in [0.5, 0.6) is 0 Å². The summed E-state index contributed by atoms with van der Waals surface area (Å²) >= 11 is 0. The number of hydrogen-bond acceptors (Lipinski definition) is 3. The first-order valence-electron chi connectivity index (χ1n) is 8.41. The molecule has 0 fully saturated rings. The van der Waals surface area contributed by atoms with Crippen LogP contribution >= 0.6 is 0 Å². The number of benzene rings is 1. The van der Waals surface area contributed by atoms with Crippen molar-refractivity contribution < 1.29 is 4.79 Å². The molecular weight excluding hydrogens is 324 g/mol. The van der Waals surface area contributed by atoms with E-state index in [2.05, 4.69) is 21.4 Å². The van der Waals surface area contributed by atoms with Gasteiger partial charge in [-0.2, -0.15) is 0 Å². The highest BCUT2D eigenvalue weighted by molar-refractivity contribution is 5.91. The number of carbonyl (C=O) groups excluding carboxylic acids is 1. The molecule has 0 atom stereocenters. The predicted molar refractivity (Wildman–Crippen MR) is 103 cm³/mol. The van der Waals surface area contributed by atoms with Crippen molar-refractivity contribution in [3.8, 4) is 11.3 Å². The number of pyridine rings is 2. The molecule has 0 aliphatic heterocycles. The molecule has 3 heterocycles. The zero-order valence-electron chi connectivity index (χ0n) is 14.4. The molecule has 0 unspecified atom stereocenters. The summed E-state index contributed by atoms with van der Waals surface area (Å²) in [6, 6.07) is 19.3.